The first kappa shape index (κ1) is 8.64. The van der Waals surface area contributed by atoms with E-state index in [2.05, 4.69) is 4.98 Å². The average molecular weight is 193 g/mol. The molecule has 0 aliphatic carbocycles. The third-order valence-corrected chi connectivity index (χ3v) is 1.90. The van der Waals surface area contributed by atoms with Crippen LogP contribution in [0, 0.1) is 10.1 Å². The number of nitro groups is 1. The highest BCUT2D eigenvalue weighted by Gasteiger charge is 2.20. The molecule has 6 heteroatoms. The molecule has 0 saturated carbocycles. The number of fused-ring (bicyclic) bond motifs is 1. The van der Waals surface area contributed by atoms with Gasteiger partial charge in [-0.3, -0.25) is 0 Å². The van der Waals surface area contributed by atoms with Gasteiger partial charge in [0.2, 0.25) is 5.65 Å². The number of aromatic nitrogens is 2. The van der Waals surface area contributed by atoms with Gasteiger partial charge in [0.25, 0.3) is 0 Å². The summed E-state index contributed by atoms with van der Waals surface area (Å²) in [4.78, 5) is 14.1. The highest BCUT2D eigenvalue weighted by molar-refractivity contribution is 5.48. The van der Waals surface area contributed by atoms with Gasteiger partial charge in [-0.1, -0.05) is 6.07 Å². The molecule has 0 saturated heterocycles. The van der Waals surface area contributed by atoms with Crippen LogP contribution in [-0.4, -0.2) is 19.4 Å². The van der Waals surface area contributed by atoms with E-state index in [1.54, 1.807) is 24.4 Å². The highest BCUT2D eigenvalue weighted by atomic mass is 16.6. The smallest absolute Gasteiger partial charge is 0.353 e. The molecule has 0 bridgehead atoms. The number of hydrogen-bond donors (Lipinski definition) is 1. The molecule has 2 aromatic rings. The summed E-state index contributed by atoms with van der Waals surface area (Å²) < 4.78 is 1.34. The summed E-state index contributed by atoms with van der Waals surface area (Å²) in [5.41, 5.74) is 0.546. The number of pyridine rings is 1. The van der Waals surface area contributed by atoms with Crippen molar-refractivity contribution < 1.29 is 10.0 Å². The lowest BCUT2D eigenvalue weighted by Crippen LogP contribution is -1.97. The molecule has 2 aromatic heterocycles. The van der Waals surface area contributed by atoms with Crippen LogP contribution in [0.4, 0.5) is 5.82 Å². The van der Waals surface area contributed by atoms with Crippen LogP contribution in [0.15, 0.2) is 24.4 Å². The predicted octanol–water partition coefficient (Wildman–Crippen LogP) is 0.735. The van der Waals surface area contributed by atoms with E-state index in [4.69, 9.17) is 5.11 Å². The van der Waals surface area contributed by atoms with Crippen molar-refractivity contribution in [2.75, 3.05) is 0 Å². The third-order valence-electron chi connectivity index (χ3n) is 1.90. The third kappa shape index (κ3) is 1.12. The van der Waals surface area contributed by atoms with Crippen molar-refractivity contribution in [2.24, 2.45) is 0 Å². The number of rotatable bonds is 2. The summed E-state index contributed by atoms with van der Waals surface area (Å²) in [6.07, 6.45) is 1.54. The van der Waals surface area contributed by atoms with Crippen LogP contribution in [0.3, 0.4) is 0 Å². The molecule has 0 radical (unpaired) electrons. The maximum atomic E-state index is 10.7. The SMILES string of the molecule is O=[N+]([O-])c1c(CO)nc2ccccn12. The summed E-state index contributed by atoms with van der Waals surface area (Å²) in [6, 6.07) is 5.04. The zero-order valence-corrected chi connectivity index (χ0v) is 7.12. The Labute approximate surface area is 78.6 Å². The zero-order valence-electron chi connectivity index (χ0n) is 7.12. The van der Waals surface area contributed by atoms with Crippen molar-refractivity contribution in [3.8, 4) is 0 Å². The fourth-order valence-corrected chi connectivity index (χ4v) is 1.33. The van der Waals surface area contributed by atoms with Gasteiger partial charge in [0.1, 0.15) is 0 Å². The largest absolute Gasteiger partial charge is 0.390 e. The van der Waals surface area contributed by atoms with Crippen LogP contribution in [0.2, 0.25) is 0 Å². The molecule has 0 aromatic carbocycles. The molecule has 6 nitrogen and oxygen atoms in total. The minimum absolute atomic E-state index is 0.0844. The number of imidazole rings is 1. The Morgan fingerprint density at radius 2 is 2.36 bits per heavy atom. The van der Waals surface area contributed by atoms with E-state index < -0.39 is 11.5 Å². The van der Waals surface area contributed by atoms with Gasteiger partial charge >= 0.3 is 5.82 Å². The lowest BCUT2D eigenvalue weighted by Gasteiger charge is -1.93. The van der Waals surface area contributed by atoms with E-state index in [0.29, 0.717) is 5.65 Å². The standard InChI is InChI=1S/C8H7N3O3/c12-5-6-8(11(13)14)10-4-2-1-3-7(10)9-6/h1-4,12H,5H2. The Morgan fingerprint density at radius 1 is 1.57 bits per heavy atom. The average Bonchev–Trinajstić information content (AvgIpc) is 2.55. The fourth-order valence-electron chi connectivity index (χ4n) is 1.33. The van der Waals surface area contributed by atoms with Gasteiger partial charge in [0.05, 0.1) is 12.8 Å². The Bertz CT molecular complexity index is 492. The van der Waals surface area contributed by atoms with E-state index >= 15 is 0 Å². The second kappa shape index (κ2) is 3.08. The summed E-state index contributed by atoms with van der Waals surface area (Å²) >= 11 is 0. The summed E-state index contributed by atoms with van der Waals surface area (Å²) in [5.74, 6) is -0.178. The van der Waals surface area contributed by atoms with E-state index in [-0.39, 0.29) is 11.5 Å². The molecule has 2 heterocycles. The van der Waals surface area contributed by atoms with E-state index in [1.807, 2.05) is 0 Å². The molecule has 0 unspecified atom stereocenters. The second-order valence-electron chi connectivity index (χ2n) is 2.73. The quantitative estimate of drug-likeness (QED) is 0.563. The van der Waals surface area contributed by atoms with Crippen molar-refractivity contribution in [1.82, 2.24) is 9.38 Å². The van der Waals surface area contributed by atoms with E-state index in [0.717, 1.165) is 0 Å². The molecular weight excluding hydrogens is 186 g/mol. The first-order chi connectivity index (χ1) is 6.74. The summed E-state index contributed by atoms with van der Waals surface area (Å²) in [5, 5.41) is 19.6. The first-order valence-corrected chi connectivity index (χ1v) is 3.95. The van der Waals surface area contributed by atoms with Crippen molar-refractivity contribution in [1.29, 1.82) is 0 Å². The van der Waals surface area contributed by atoms with Gasteiger partial charge in [0.15, 0.2) is 5.69 Å². The first-order valence-electron chi connectivity index (χ1n) is 3.95. The van der Waals surface area contributed by atoms with Crippen LogP contribution >= 0.6 is 0 Å². The van der Waals surface area contributed by atoms with Crippen molar-refractivity contribution in [3.05, 3.63) is 40.2 Å². The molecule has 72 valence electrons. The van der Waals surface area contributed by atoms with Gasteiger partial charge < -0.3 is 15.2 Å². The van der Waals surface area contributed by atoms with E-state index in [1.165, 1.54) is 4.40 Å². The fraction of sp³-hybridized carbons (Fsp3) is 0.125. The topological polar surface area (TPSA) is 80.7 Å². The molecule has 0 atom stereocenters. The van der Waals surface area contributed by atoms with Crippen LogP contribution in [0.1, 0.15) is 5.69 Å². The molecular formula is C8H7N3O3. The van der Waals surface area contributed by atoms with Gasteiger partial charge in [-0.25, -0.2) is 4.98 Å². The lowest BCUT2D eigenvalue weighted by atomic mass is 10.4. The van der Waals surface area contributed by atoms with Crippen LogP contribution in [-0.2, 0) is 6.61 Å². The molecule has 0 spiro atoms. The van der Waals surface area contributed by atoms with Gasteiger partial charge in [-0.05, 0) is 11.0 Å². The lowest BCUT2D eigenvalue weighted by molar-refractivity contribution is -0.391. The second-order valence-corrected chi connectivity index (χ2v) is 2.73. The number of aliphatic hydroxyl groups is 1. The van der Waals surface area contributed by atoms with Crippen LogP contribution in [0.25, 0.3) is 5.65 Å². The predicted molar refractivity (Wildman–Crippen MR) is 47.8 cm³/mol. The Kier molecular flexibility index (Phi) is 1.90. The molecule has 0 aliphatic rings. The van der Waals surface area contributed by atoms with Gasteiger partial charge in [0, 0.05) is 6.07 Å². The Balaban J connectivity index is 2.81. The molecule has 0 fully saturated rings. The van der Waals surface area contributed by atoms with Gasteiger partial charge in [-0.15, -0.1) is 0 Å². The molecule has 2 rings (SSSR count). The molecule has 14 heavy (non-hydrogen) atoms. The van der Waals surface area contributed by atoms with Gasteiger partial charge in [-0.2, -0.15) is 4.40 Å². The molecule has 0 amide bonds. The maximum Gasteiger partial charge on any atom is 0.353 e. The zero-order chi connectivity index (χ0) is 10.1. The van der Waals surface area contributed by atoms with Crippen LogP contribution < -0.4 is 0 Å². The minimum Gasteiger partial charge on any atom is -0.390 e. The van der Waals surface area contributed by atoms with Crippen LogP contribution in [0.5, 0.6) is 0 Å². The van der Waals surface area contributed by atoms with E-state index in [9.17, 15) is 10.1 Å². The number of nitrogens with zero attached hydrogens (tertiary/aromatic N) is 3. The molecule has 1 N–H and O–H groups in total. The molecule has 0 aliphatic heterocycles. The Morgan fingerprint density at radius 3 is 3.00 bits per heavy atom. The summed E-state index contributed by atoms with van der Waals surface area (Å²) in [6.45, 7) is -0.433. The summed E-state index contributed by atoms with van der Waals surface area (Å²) in [7, 11) is 0. The van der Waals surface area contributed by atoms with Crippen molar-refractivity contribution in [3.63, 3.8) is 0 Å². The normalized spacial score (nSPS) is 10.6. The number of aliphatic hydroxyl groups excluding tert-OH is 1. The van der Waals surface area contributed by atoms with Crippen molar-refractivity contribution in [2.45, 2.75) is 6.61 Å². The minimum atomic E-state index is -0.550. The Hall–Kier alpha value is -1.95. The highest BCUT2D eigenvalue weighted by Crippen LogP contribution is 2.19. The monoisotopic (exact) mass is 193 g/mol. The van der Waals surface area contributed by atoms with Crippen molar-refractivity contribution >= 4 is 11.5 Å². The number of hydrogen-bond acceptors (Lipinski definition) is 4. The maximum absolute atomic E-state index is 10.7.